The van der Waals surface area contributed by atoms with Crippen molar-refractivity contribution in [2.24, 2.45) is 0 Å². The molecule has 1 aliphatic rings. The van der Waals surface area contributed by atoms with E-state index in [4.69, 9.17) is 27.9 Å². The number of hydrogen-bond donors (Lipinski definition) is 3. The second kappa shape index (κ2) is 12.1. The van der Waals surface area contributed by atoms with Gasteiger partial charge in [0.25, 0.3) is 0 Å². The quantitative estimate of drug-likeness (QED) is 0.303. The minimum absolute atomic E-state index is 0.338. The van der Waals surface area contributed by atoms with E-state index in [-0.39, 0.29) is 5.91 Å². The van der Waals surface area contributed by atoms with Gasteiger partial charge in [-0.15, -0.1) is 0 Å². The summed E-state index contributed by atoms with van der Waals surface area (Å²) in [7, 11) is 1.67. The number of nitrogens with zero attached hydrogens (tertiary/aromatic N) is 4. The van der Waals surface area contributed by atoms with Gasteiger partial charge in [-0.3, -0.25) is 4.79 Å². The summed E-state index contributed by atoms with van der Waals surface area (Å²) in [6, 6.07) is 11.0. The van der Waals surface area contributed by atoms with E-state index in [1.165, 1.54) is 12.3 Å². The normalized spacial score (nSPS) is 13.7. The van der Waals surface area contributed by atoms with Gasteiger partial charge in [-0.25, -0.2) is 4.98 Å². The predicted octanol–water partition coefficient (Wildman–Crippen LogP) is 5.55. The molecule has 4 rings (SSSR count). The highest BCUT2D eigenvalue weighted by molar-refractivity contribution is 6.34. The second-order valence-electron chi connectivity index (χ2n) is 8.34. The number of hydrogen-bond acceptors (Lipinski definition) is 8. The van der Waals surface area contributed by atoms with Crippen LogP contribution < -0.4 is 25.6 Å². The van der Waals surface area contributed by atoms with Crippen molar-refractivity contribution < 1.29 is 9.53 Å². The zero-order valence-electron chi connectivity index (χ0n) is 20.7. The molecule has 0 unspecified atom stereocenters. The number of amides is 1. The molecule has 1 aromatic heterocycles. The number of likely N-dealkylation sites (N-methyl/N-ethyl adjacent to an activating group) is 1. The summed E-state index contributed by atoms with van der Waals surface area (Å²) in [5.41, 5.74) is 2.96. The first kappa shape index (κ1) is 26.5. The molecule has 0 saturated carbocycles. The monoisotopic (exact) mass is 541 g/mol. The molecule has 37 heavy (non-hydrogen) atoms. The van der Waals surface area contributed by atoms with Crippen molar-refractivity contribution in [2.75, 3.05) is 60.7 Å². The van der Waals surface area contributed by atoms with E-state index >= 15 is 0 Å². The van der Waals surface area contributed by atoms with Gasteiger partial charge in [0.2, 0.25) is 11.9 Å². The standard InChI is InChI=1S/C26H29Cl2N7O2/c1-4-24(36)32-21-8-6-17(14-19(21)27)30-25-20(28)16-29-26(33-25)31-18-7-9-22(23(15-18)37-3)35-12-10-34(5-2)11-13-35/h4,6-9,14-16H,1,5,10-13H2,2-3H3,(H,32,36)(H2,29,30,31,33). The summed E-state index contributed by atoms with van der Waals surface area (Å²) in [5, 5.41) is 9.69. The Bertz CT molecular complexity index is 1280. The first-order valence-electron chi connectivity index (χ1n) is 11.8. The summed E-state index contributed by atoms with van der Waals surface area (Å²) in [6.45, 7) is 10.7. The highest BCUT2D eigenvalue weighted by Crippen LogP contribution is 2.34. The molecule has 1 fully saturated rings. The van der Waals surface area contributed by atoms with Gasteiger partial charge in [0.15, 0.2) is 5.82 Å². The van der Waals surface area contributed by atoms with Crippen molar-refractivity contribution >= 4 is 63.6 Å². The number of benzene rings is 2. The molecule has 0 radical (unpaired) electrons. The van der Waals surface area contributed by atoms with Crippen LogP contribution in [-0.2, 0) is 4.79 Å². The van der Waals surface area contributed by atoms with E-state index < -0.39 is 0 Å². The Morgan fingerprint density at radius 2 is 1.81 bits per heavy atom. The maximum atomic E-state index is 11.5. The van der Waals surface area contributed by atoms with E-state index in [1.807, 2.05) is 18.2 Å². The summed E-state index contributed by atoms with van der Waals surface area (Å²) in [5.74, 6) is 1.19. The third-order valence-corrected chi connectivity index (χ3v) is 6.60. The molecule has 1 amide bonds. The highest BCUT2D eigenvalue weighted by atomic mass is 35.5. The average Bonchev–Trinajstić information content (AvgIpc) is 2.92. The maximum Gasteiger partial charge on any atom is 0.247 e. The van der Waals surface area contributed by atoms with Gasteiger partial charge in [0.1, 0.15) is 10.8 Å². The Labute approximate surface area is 226 Å². The summed E-state index contributed by atoms with van der Waals surface area (Å²) in [6.07, 6.45) is 2.69. The minimum atomic E-state index is -0.346. The summed E-state index contributed by atoms with van der Waals surface area (Å²) < 4.78 is 5.69. The van der Waals surface area contributed by atoms with Gasteiger partial charge >= 0.3 is 0 Å². The predicted molar refractivity (Wildman–Crippen MR) is 151 cm³/mol. The fourth-order valence-corrected chi connectivity index (χ4v) is 4.35. The molecular weight excluding hydrogens is 513 g/mol. The molecule has 0 bridgehead atoms. The fourth-order valence-electron chi connectivity index (χ4n) is 3.98. The third-order valence-electron chi connectivity index (χ3n) is 6.02. The second-order valence-corrected chi connectivity index (χ2v) is 9.15. The Balaban J connectivity index is 1.48. The number of piperazine rings is 1. The van der Waals surface area contributed by atoms with Crippen molar-refractivity contribution in [1.82, 2.24) is 14.9 Å². The fraction of sp³-hybridized carbons (Fsp3) is 0.269. The van der Waals surface area contributed by atoms with E-state index in [9.17, 15) is 4.79 Å². The number of carbonyl (C=O) groups excluding carboxylic acids is 1. The van der Waals surface area contributed by atoms with Crippen molar-refractivity contribution in [3.05, 3.63) is 65.3 Å². The number of methoxy groups -OCH3 is 1. The number of carbonyl (C=O) groups is 1. The smallest absolute Gasteiger partial charge is 0.247 e. The van der Waals surface area contributed by atoms with Gasteiger partial charge < -0.3 is 30.5 Å². The van der Waals surface area contributed by atoms with Gasteiger partial charge in [-0.1, -0.05) is 36.7 Å². The van der Waals surface area contributed by atoms with Crippen LogP contribution in [0.1, 0.15) is 6.92 Å². The largest absolute Gasteiger partial charge is 0.495 e. The molecule has 0 atom stereocenters. The number of aromatic nitrogens is 2. The van der Waals surface area contributed by atoms with E-state index in [1.54, 1.807) is 25.3 Å². The summed E-state index contributed by atoms with van der Waals surface area (Å²) in [4.78, 5) is 25.1. The average molecular weight is 542 g/mol. The molecule has 3 aromatic rings. The number of halogens is 2. The van der Waals surface area contributed by atoms with Gasteiger partial charge in [0.05, 0.1) is 29.7 Å². The first-order valence-corrected chi connectivity index (χ1v) is 12.6. The Hall–Kier alpha value is -3.53. The van der Waals surface area contributed by atoms with E-state index in [0.29, 0.717) is 33.2 Å². The molecule has 1 saturated heterocycles. The molecule has 1 aliphatic heterocycles. The first-order chi connectivity index (χ1) is 17.9. The number of anilines is 6. The number of nitrogens with one attached hydrogen (secondary N) is 3. The molecule has 9 nitrogen and oxygen atoms in total. The Kier molecular flexibility index (Phi) is 8.70. The topological polar surface area (TPSA) is 94.6 Å². The lowest BCUT2D eigenvalue weighted by Crippen LogP contribution is -2.46. The van der Waals surface area contributed by atoms with Crippen LogP contribution in [0.3, 0.4) is 0 Å². The molecule has 0 aliphatic carbocycles. The van der Waals surface area contributed by atoms with Crippen molar-refractivity contribution in [2.45, 2.75) is 6.92 Å². The van der Waals surface area contributed by atoms with Gasteiger partial charge in [0, 0.05) is 43.6 Å². The van der Waals surface area contributed by atoms with Crippen LogP contribution in [0.15, 0.2) is 55.3 Å². The molecule has 0 spiro atoms. The maximum absolute atomic E-state index is 11.5. The van der Waals surface area contributed by atoms with Crippen LogP contribution in [0.25, 0.3) is 0 Å². The zero-order chi connectivity index (χ0) is 26.4. The SMILES string of the molecule is C=CC(=O)Nc1ccc(Nc2nc(Nc3ccc(N4CCN(CC)CC4)c(OC)c3)ncc2Cl)cc1Cl. The molecule has 11 heteroatoms. The van der Waals surface area contributed by atoms with Crippen molar-refractivity contribution in [1.29, 1.82) is 0 Å². The van der Waals surface area contributed by atoms with E-state index in [0.717, 1.165) is 49.8 Å². The third kappa shape index (κ3) is 6.62. The molecule has 194 valence electrons. The lowest BCUT2D eigenvalue weighted by Gasteiger charge is -2.36. The van der Waals surface area contributed by atoms with Gasteiger partial charge in [-0.05, 0) is 43.0 Å². The van der Waals surface area contributed by atoms with Crippen LogP contribution in [0.4, 0.5) is 34.5 Å². The highest BCUT2D eigenvalue weighted by Gasteiger charge is 2.19. The summed E-state index contributed by atoms with van der Waals surface area (Å²) >= 11 is 12.6. The molecule has 3 N–H and O–H groups in total. The zero-order valence-corrected chi connectivity index (χ0v) is 22.2. The van der Waals surface area contributed by atoms with Crippen LogP contribution >= 0.6 is 23.2 Å². The van der Waals surface area contributed by atoms with Crippen molar-refractivity contribution in [3.63, 3.8) is 0 Å². The van der Waals surface area contributed by atoms with Crippen LogP contribution in [0.2, 0.25) is 10.0 Å². The molecule has 2 heterocycles. The number of ether oxygens (including phenoxy) is 1. The molecule has 2 aromatic carbocycles. The number of rotatable bonds is 9. The van der Waals surface area contributed by atoms with E-state index in [2.05, 4.69) is 49.2 Å². The van der Waals surface area contributed by atoms with Crippen LogP contribution in [0, 0.1) is 0 Å². The van der Waals surface area contributed by atoms with Crippen LogP contribution in [-0.4, -0.2) is 60.6 Å². The Morgan fingerprint density at radius 1 is 1.08 bits per heavy atom. The van der Waals surface area contributed by atoms with Crippen molar-refractivity contribution in [3.8, 4) is 5.75 Å². The van der Waals surface area contributed by atoms with Gasteiger partial charge in [-0.2, -0.15) is 4.98 Å². The van der Waals surface area contributed by atoms with Crippen LogP contribution in [0.5, 0.6) is 5.75 Å². The Morgan fingerprint density at radius 3 is 2.49 bits per heavy atom. The lowest BCUT2D eigenvalue weighted by molar-refractivity contribution is -0.111. The minimum Gasteiger partial charge on any atom is -0.495 e. The lowest BCUT2D eigenvalue weighted by atomic mass is 10.2. The molecular formula is C26H29Cl2N7O2.